The quantitative estimate of drug-likeness (QED) is 0.350. The van der Waals surface area contributed by atoms with Crippen molar-refractivity contribution < 1.29 is 19.1 Å². The van der Waals surface area contributed by atoms with Crippen LogP contribution in [-0.2, 0) is 11.3 Å². The summed E-state index contributed by atoms with van der Waals surface area (Å²) in [6.07, 6.45) is 1.68. The molecule has 1 aromatic carbocycles. The van der Waals surface area contributed by atoms with Crippen molar-refractivity contribution in [3.63, 3.8) is 0 Å². The lowest BCUT2D eigenvalue weighted by atomic mass is 10.2. The number of hydrogen-bond acceptors (Lipinski definition) is 6. The summed E-state index contributed by atoms with van der Waals surface area (Å²) in [6.45, 7) is 4.63. The first-order valence-electron chi connectivity index (χ1n) is 10.1. The Kier molecular flexibility index (Phi) is 9.08. The molecule has 1 aliphatic heterocycles. The molecule has 0 spiro atoms. The molecule has 1 aromatic heterocycles. The van der Waals surface area contributed by atoms with Gasteiger partial charge in [0.2, 0.25) is 0 Å². The van der Waals surface area contributed by atoms with E-state index in [0.29, 0.717) is 32.8 Å². The fraction of sp³-hybridized carbons (Fsp3) is 0.318. The molecule has 11 heteroatoms. The standard InChI is InChI=1S/C22H23Cl2N3O4S2/c1-2-7-31-22(30)27-12-15(32)9-14(27)11-26-21(29)19-6-5-18(33-19)20(28)25-10-13-3-4-16(23)17(24)8-13/h2-6,8,14-15,32H,1,7,9-12H2,(H,25,28)(H,26,29)/t14-,15-/m0/s1. The second kappa shape index (κ2) is 11.8. The highest BCUT2D eigenvalue weighted by molar-refractivity contribution is 7.81. The Hall–Kier alpha value is -2.20. The molecule has 0 bridgehead atoms. The summed E-state index contributed by atoms with van der Waals surface area (Å²) in [5.74, 6) is -0.611. The summed E-state index contributed by atoms with van der Waals surface area (Å²) in [5.41, 5.74) is 0.808. The molecule has 3 rings (SSSR count). The second-order valence-electron chi connectivity index (χ2n) is 7.37. The number of nitrogens with zero attached hydrogens (tertiary/aromatic N) is 1. The van der Waals surface area contributed by atoms with Gasteiger partial charge in [-0.15, -0.1) is 11.3 Å². The maximum absolute atomic E-state index is 12.6. The summed E-state index contributed by atoms with van der Waals surface area (Å²) < 4.78 is 5.11. The van der Waals surface area contributed by atoms with Crippen LogP contribution in [0.25, 0.3) is 0 Å². The number of hydrogen-bond donors (Lipinski definition) is 3. The zero-order chi connectivity index (χ0) is 24.0. The average molecular weight is 528 g/mol. The predicted molar refractivity (Wildman–Crippen MR) is 134 cm³/mol. The van der Waals surface area contributed by atoms with Crippen LogP contribution in [0.15, 0.2) is 43.0 Å². The smallest absolute Gasteiger partial charge is 0.410 e. The van der Waals surface area contributed by atoms with Gasteiger partial charge in [-0.1, -0.05) is 41.9 Å². The molecule has 33 heavy (non-hydrogen) atoms. The monoisotopic (exact) mass is 527 g/mol. The molecule has 2 aromatic rings. The highest BCUT2D eigenvalue weighted by Gasteiger charge is 2.34. The molecule has 3 amide bonds. The number of carbonyl (C=O) groups excluding carboxylic acids is 3. The highest BCUT2D eigenvalue weighted by Crippen LogP contribution is 2.24. The fourth-order valence-corrected chi connectivity index (χ4v) is 4.90. The van der Waals surface area contributed by atoms with Gasteiger partial charge in [0.25, 0.3) is 11.8 Å². The number of ether oxygens (including phenoxy) is 1. The van der Waals surface area contributed by atoms with Gasteiger partial charge in [0, 0.05) is 24.9 Å². The molecule has 0 aliphatic carbocycles. The van der Waals surface area contributed by atoms with Crippen molar-refractivity contribution in [2.24, 2.45) is 0 Å². The molecule has 0 radical (unpaired) electrons. The first kappa shape index (κ1) is 25.4. The van der Waals surface area contributed by atoms with E-state index in [2.05, 4.69) is 29.8 Å². The van der Waals surface area contributed by atoms with Crippen LogP contribution >= 0.6 is 47.2 Å². The SMILES string of the molecule is C=CCOC(=O)N1C[C@@H](S)C[C@H]1CNC(=O)c1ccc(C(=O)NCc2ccc(Cl)c(Cl)c2)s1. The average Bonchev–Trinajstić information content (AvgIpc) is 3.43. The molecule has 0 unspecified atom stereocenters. The Morgan fingerprint density at radius 2 is 1.85 bits per heavy atom. The maximum atomic E-state index is 12.6. The van der Waals surface area contributed by atoms with E-state index >= 15 is 0 Å². The van der Waals surface area contributed by atoms with Gasteiger partial charge in [0.05, 0.1) is 25.8 Å². The topological polar surface area (TPSA) is 87.7 Å². The third kappa shape index (κ3) is 6.89. The number of thiol groups is 1. The molecule has 7 nitrogen and oxygen atoms in total. The lowest BCUT2D eigenvalue weighted by Gasteiger charge is -2.23. The second-order valence-corrected chi connectivity index (χ2v) is 9.99. The Morgan fingerprint density at radius 1 is 1.15 bits per heavy atom. The summed E-state index contributed by atoms with van der Waals surface area (Å²) in [6, 6.07) is 8.10. The maximum Gasteiger partial charge on any atom is 0.410 e. The van der Waals surface area contributed by atoms with E-state index < -0.39 is 6.09 Å². The molecular weight excluding hydrogens is 505 g/mol. The highest BCUT2D eigenvalue weighted by atomic mass is 35.5. The molecule has 2 N–H and O–H groups in total. The molecule has 0 saturated carbocycles. The number of halogens is 2. The first-order chi connectivity index (χ1) is 15.8. The minimum Gasteiger partial charge on any atom is -0.445 e. The Bertz CT molecular complexity index is 1050. The summed E-state index contributed by atoms with van der Waals surface area (Å²) in [4.78, 5) is 39.6. The fourth-order valence-electron chi connectivity index (χ4n) is 3.32. The first-order valence-corrected chi connectivity index (χ1v) is 12.2. The van der Waals surface area contributed by atoms with Crippen LogP contribution in [0.4, 0.5) is 4.79 Å². The molecule has 176 valence electrons. The summed E-state index contributed by atoms with van der Waals surface area (Å²) >= 11 is 17.4. The lowest BCUT2D eigenvalue weighted by Crippen LogP contribution is -2.43. The van der Waals surface area contributed by atoms with Crippen LogP contribution in [0.1, 0.15) is 31.3 Å². The van der Waals surface area contributed by atoms with E-state index in [1.807, 2.05) is 0 Å². The van der Waals surface area contributed by atoms with Gasteiger partial charge in [0.1, 0.15) is 6.61 Å². The number of rotatable bonds is 8. The van der Waals surface area contributed by atoms with E-state index in [9.17, 15) is 14.4 Å². The Labute approximate surface area is 211 Å². The molecule has 1 aliphatic rings. The van der Waals surface area contributed by atoms with Gasteiger partial charge in [-0.25, -0.2) is 4.79 Å². The number of benzene rings is 1. The molecular formula is C22H23Cl2N3O4S2. The van der Waals surface area contributed by atoms with E-state index in [1.165, 1.54) is 6.08 Å². The van der Waals surface area contributed by atoms with Crippen LogP contribution in [0.3, 0.4) is 0 Å². The number of thiophene rings is 1. The summed E-state index contributed by atoms with van der Waals surface area (Å²) in [7, 11) is 0. The zero-order valence-corrected chi connectivity index (χ0v) is 20.8. The van der Waals surface area contributed by atoms with Crippen LogP contribution in [0.5, 0.6) is 0 Å². The van der Waals surface area contributed by atoms with E-state index in [-0.39, 0.29) is 42.8 Å². The third-order valence-corrected chi connectivity index (χ3v) is 7.14. The Morgan fingerprint density at radius 3 is 2.52 bits per heavy atom. The largest absolute Gasteiger partial charge is 0.445 e. The lowest BCUT2D eigenvalue weighted by molar-refractivity contribution is 0.0915. The number of nitrogens with one attached hydrogen (secondary N) is 2. The number of amides is 3. The third-order valence-electron chi connectivity index (χ3n) is 4.94. The predicted octanol–water partition coefficient (Wildman–Crippen LogP) is 4.41. The van der Waals surface area contributed by atoms with Gasteiger partial charge in [-0.3, -0.25) is 9.59 Å². The Balaban J connectivity index is 1.52. The molecule has 2 heterocycles. The van der Waals surface area contributed by atoms with E-state index in [4.69, 9.17) is 27.9 Å². The minimum absolute atomic E-state index is 0.00995. The van der Waals surface area contributed by atoms with Crippen molar-refractivity contribution >= 4 is 65.1 Å². The van der Waals surface area contributed by atoms with Gasteiger partial charge in [-0.2, -0.15) is 12.6 Å². The van der Waals surface area contributed by atoms with E-state index in [1.54, 1.807) is 35.2 Å². The number of likely N-dealkylation sites (tertiary alicyclic amines) is 1. The minimum atomic E-state index is -0.456. The van der Waals surface area contributed by atoms with Crippen molar-refractivity contribution in [3.8, 4) is 0 Å². The van der Waals surface area contributed by atoms with Crippen molar-refractivity contribution in [2.75, 3.05) is 19.7 Å². The van der Waals surface area contributed by atoms with Crippen LogP contribution in [0, 0.1) is 0 Å². The summed E-state index contributed by atoms with van der Waals surface area (Å²) in [5, 5.41) is 6.50. The van der Waals surface area contributed by atoms with Crippen LogP contribution < -0.4 is 10.6 Å². The van der Waals surface area contributed by atoms with Crippen molar-refractivity contribution in [1.29, 1.82) is 0 Å². The normalized spacial score (nSPS) is 17.5. The zero-order valence-electron chi connectivity index (χ0n) is 17.6. The number of carbonyl (C=O) groups is 3. The van der Waals surface area contributed by atoms with Crippen molar-refractivity contribution in [3.05, 3.63) is 68.3 Å². The van der Waals surface area contributed by atoms with Crippen molar-refractivity contribution in [1.82, 2.24) is 15.5 Å². The van der Waals surface area contributed by atoms with E-state index in [0.717, 1.165) is 16.9 Å². The van der Waals surface area contributed by atoms with Crippen LogP contribution in [0.2, 0.25) is 10.0 Å². The van der Waals surface area contributed by atoms with Gasteiger partial charge in [-0.05, 0) is 36.2 Å². The molecule has 2 atom stereocenters. The molecule has 1 saturated heterocycles. The van der Waals surface area contributed by atoms with Gasteiger partial charge < -0.3 is 20.3 Å². The van der Waals surface area contributed by atoms with Gasteiger partial charge >= 0.3 is 6.09 Å². The molecule has 1 fully saturated rings. The van der Waals surface area contributed by atoms with Gasteiger partial charge in [0.15, 0.2) is 0 Å². The van der Waals surface area contributed by atoms with Crippen molar-refractivity contribution in [2.45, 2.75) is 24.3 Å². The van der Waals surface area contributed by atoms with Crippen LogP contribution in [-0.4, -0.2) is 53.8 Å².